The molecule has 30 heavy (non-hydrogen) atoms. The molecule has 6 nitrogen and oxygen atoms in total. The van der Waals surface area contributed by atoms with Crippen LogP contribution in [0.25, 0.3) is 0 Å². The number of ether oxygens (including phenoxy) is 1. The van der Waals surface area contributed by atoms with Crippen molar-refractivity contribution in [2.24, 2.45) is 0 Å². The molecule has 0 radical (unpaired) electrons. The number of rotatable bonds is 7. The number of hydrogen-bond acceptors (Lipinski definition) is 4. The van der Waals surface area contributed by atoms with E-state index in [9.17, 15) is 13.2 Å². The van der Waals surface area contributed by atoms with E-state index in [1.165, 1.54) is 0 Å². The Morgan fingerprint density at radius 1 is 1.03 bits per heavy atom. The van der Waals surface area contributed by atoms with Crippen molar-refractivity contribution >= 4 is 38.9 Å². The van der Waals surface area contributed by atoms with Crippen molar-refractivity contribution in [1.29, 1.82) is 0 Å². The van der Waals surface area contributed by atoms with Crippen molar-refractivity contribution in [1.82, 2.24) is 0 Å². The van der Waals surface area contributed by atoms with Gasteiger partial charge in [-0.05, 0) is 48.9 Å². The van der Waals surface area contributed by atoms with Crippen LogP contribution < -0.4 is 14.4 Å². The van der Waals surface area contributed by atoms with Gasteiger partial charge in [-0.1, -0.05) is 48.0 Å². The van der Waals surface area contributed by atoms with Crippen LogP contribution in [0.1, 0.15) is 5.56 Å². The molecule has 0 saturated carbocycles. The lowest BCUT2D eigenvalue weighted by molar-refractivity contribution is -0.114. The maximum absolute atomic E-state index is 12.7. The highest BCUT2D eigenvalue weighted by Crippen LogP contribution is 2.33. The Labute approximate surface area is 181 Å². The first-order valence-corrected chi connectivity index (χ1v) is 11.3. The molecule has 3 aromatic carbocycles. The summed E-state index contributed by atoms with van der Waals surface area (Å²) >= 11 is 6.00. The monoisotopic (exact) mass is 444 g/mol. The molecular weight excluding hydrogens is 424 g/mol. The highest BCUT2D eigenvalue weighted by atomic mass is 35.5. The van der Waals surface area contributed by atoms with Crippen molar-refractivity contribution in [3.8, 4) is 11.5 Å². The summed E-state index contributed by atoms with van der Waals surface area (Å²) in [6.07, 6.45) is 1.05. The normalized spacial score (nSPS) is 11.0. The number of nitrogens with zero attached hydrogens (tertiary/aromatic N) is 1. The number of carbonyl (C=O) groups is 1. The zero-order valence-electron chi connectivity index (χ0n) is 16.5. The summed E-state index contributed by atoms with van der Waals surface area (Å²) in [5.41, 5.74) is 1.60. The second kappa shape index (κ2) is 9.19. The van der Waals surface area contributed by atoms with E-state index in [1.54, 1.807) is 54.6 Å². The predicted molar refractivity (Wildman–Crippen MR) is 120 cm³/mol. The second-order valence-electron chi connectivity index (χ2n) is 6.66. The predicted octanol–water partition coefficient (Wildman–Crippen LogP) is 4.85. The van der Waals surface area contributed by atoms with Crippen molar-refractivity contribution in [2.45, 2.75) is 6.92 Å². The molecule has 0 aliphatic carbocycles. The molecule has 0 fully saturated rings. The lowest BCUT2D eigenvalue weighted by atomic mass is 10.2. The highest BCUT2D eigenvalue weighted by Gasteiger charge is 2.24. The van der Waals surface area contributed by atoms with Gasteiger partial charge in [0.25, 0.3) is 0 Å². The van der Waals surface area contributed by atoms with Gasteiger partial charge in [0, 0.05) is 10.7 Å². The van der Waals surface area contributed by atoms with E-state index in [4.69, 9.17) is 16.3 Å². The molecule has 8 heteroatoms. The summed E-state index contributed by atoms with van der Waals surface area (Å²) in [5, 5.41) is 3.19. The fourth-order valence-corrected chi connectivity index (χ4v) is 3.83. The van der Waals surface area contributed by atoms with Crippen LogP contribution in [-0.4, -0.2) is 27.1 Å². The minimum atomic E-state index is -3.77. The third kappa shape index (κ3) is 5.52. The molecule has 1 N–H and O–H groups in total. The first-order chi connectivity index (χ1) is 14.2. The van der Waals surface area contributed by atoms with Crippen LogP contribution in [0.15, 0.2) is 72.8 Å². The Hall–Kier alpha value is -3.03. The smallest absolute Gasteiger partial charge is 0.245 e. The van der Waals surface area contributed by atoms with E-state index in [0.29, 0.717) is 22.2 Å². The fraction of sp³-hybridized carbons (Fsp3) is 0.136. The molecule has 0 spiro atoms. The van der Waals surface area contributed by atoms with Gasteiger partial charge in [0.1, 0.15) is 12.3 Å². The summed E-state index contributed by atoms with van der Waals surface area (Å²) in [4.78, 5) is 12.7. The number of anilines is 2. The zero-order valence-corrected chi connectivity index (χ0v) is 18.1. The lowest BCUT2D eigenvalue weighted by Crippen LogP contribution is -2.37. The van der Waals surface area contributed by atoms with E-state index < -0.39 is 22.5 Å². The number of benzene rings is 3. The molecule has 3 rings (SSSR count). The van der Waals surface area contributed by atoms with Gasteiger partial charge in [-0.15, -0.1) is 0 Å². The fourth-order valence-electron chi connectivity index (χ4n) is 2.80. The van der Waals surface area contributed by atoms with E-state index >= 15 is 0 Å². The van der Waals surface area contributed by atoms with Gasteiger partial charge < -0.3 is 10.1 Å². The van der Waals surface area contributed by atoms with Gasteiger partial charge in [-0.25, -0.2) is 8.42 Å². The maximum atomic E-state index is 12.7. The third-order valence-electron chi connectivity index (χ3n) is 4.27. The van der Waals surface area contributed by atoms with E-state index in [2.05, 4.69) is 5.32 Å². The van der Waals surface area contributed by atoms with Crippen LogP contribution in [-0.2, 0) is 14.8 Å². The molecule has 156 valence electrons. The number of aryl methyl sites for hydroxylation is 1. The molecule has 3 aromatic rings. The van der Waals surface area contributed by atoms with Gasteiger partial charge in [0.05, 0.1) is 11.9 Å². The van der Waals surface area contributed by atoms with Crippen molar-refractivity contribution in [3.05, 3.63) is 83.4 Å². The molecule has 0 aliphatic heterocycles. The van der Waals surface area contributed by atoms with Gasteiger partial charge in [-0.2, -0.15) is 0 Å². The minimum Gasteiger partial charge on any atom is -0.455 e. The highest BCUT2D eigenvalue weighted by molar-refractivity contribution is 7.92. The number of sulfonamides is 1. The second-order valence-corrected chi connectivity index (χ2v) is 9.00. The molecular formula is C22H21ClN2O4S. The summed E-state index contributed by atoms with van der Waals surface area (Å²) < 4.78 is 31.9. The molecule has 0 aromatic heterocycles. The van der Waals surface area contributed by atoms with Crippen molar-refractivity contribution < 1.29 is 17.9 Å². The summed E-state index contributed by atoms with van der Waals surface area (Å²) in [5.74, 6) is 0.374. The zero-order chi connectivity index (χ0) is 21.7. The lowest BCUT2D eigenvalue weighted by Gasteiger charge is -2.24. The summed E-state index contributed by atoms with van der Waals surface area (Å²) in [6, 6.07) is 20.8. The Morgan fingerprint density at radius 3 is 2.40 bits per heavy atom. The number of nitrogens with one attached hydrogen (secondary N) is 1. The van der Waals surface area contributed by atoms with E-state index in [0.717, 1.165) is 16.1 Å². The Balaban J connectivity index is 1.89. The first kappa shape index (κ1) is 21.7. The molecule has 1 amide bonds. The molecule has 0 bridgehead atoms. The number of halogens is 1. The van der Waals surface area contributed by atoms with Crippen molar-refractivity contribution in [2.75, 3.05) is 22.4 Å². The maximum Gasteiger partial charge on any atom is 0.245 e. The number of hydrogen-bond donors (Lipinski definition) is 1. The Kier molecular flexibility index (Phi) is 6.64. The Bertz CT molecular complexity index is 1150. The largest absolute Gasteiger partial charge is 0.455 e. The molecule has 0 unspecified atom stereocenters. The van der Waals surface area contributed by atoms with Crippen LogP contribution >= 0.6 is 11.6 Å². The minimum absolute atomic E-state index is 0.266. The topological polar surface area (TPSA) is 75.7 Å². The van der Waals surface area contributed by atoms with E-state index in [-0.39, 0.29) is 5.69 Å². The quantitative estimate of drug-likeness (QED) is 0.565. The van der Waals surface area contributed by atoms with Gasteiger partial charge in [0.15, 0.2) is 5.75 Å². The van der Waals surface area contributed by atoms with Crippen molar-refractivity contribution in [3.63, 3.8) is 0 Å². The SMILES string of the molecule is Cc1ccc(Cl)cc1NC(=O)CN(c1ccccc1Oc1ccccc1)S(C)(=O)=O. The van der Waals surface area contributed by atoms with Crippen LogP contribution in [0.3, 0.4) is 0 Å². The average molecular weight is 445 g/mol. The summed E-state index contributed by atoms with van der Waals surface area (Å²) in [7, 11) is -3.77. The molecule has 0 heterocycles. The number of carbonyl (C=O) groups excluding carboxylic acids is 1. The van der Waals surface area contributed by atoms with Crippen LogP contribution in [0, 0.1) is 6.92 Å². The van der Waals surface area contributed by atoms with Gasteiger partial charge in [-0.3, -0.25) is 9.10 Å². The molecule has 0 saturated heterocycles. The van der Waals surface area contributed by atoms with E-state index in [1.807, 2.05) is 25.1 Å². The summed E-state index contributed by atoms with van der Waals surface area (Å²) in [6.45, 7) is 1.41. The van der Waals surface area contributed by atoms with Crippen LogP contribution in [0.2, 0.25) is 5.02 Å². The van der Waals surface area contributed by atoms with Gasteiger partial charge >= 0.3 is 0 Å². The van der Waals surface area contributed by atoms with Gasteiger partial charge in [0.2, 0.25) is 15.9 Å². The van der Waals surface area contributed by atoms with Crippen LogP contribution in [0.5, 0.6) is 11.5 Å². The Morgan fingerprint density at radius 2 is 1.70 bits per heavy atom. The third-order valence-corrected chi connectivity index (χ3v) is 5.63. The average Bonchev–Trinajstić information content (AvgIpc) is 2.69. The number of amides is 1. The van der Waals surface area contributed by atoms with Crippen LogP contribution in [0.4, 0.5) is 11.4 Å². The standard InChI is InChI=1S/C22H21ClN2O4S/c1-16-12-13-17(23)14-19(16)24-22(26)15-25(30(2,27)28)20-10-6-7-11-21(20)29-18-8-4-3-5-9-18/h3-14H,15H2,1-2H3,(H,24,26). The number of para-hydroxylation sites is 3. The first-order valence-electron chi connectivity index (χ1n) is 9.09. The molecule has 0 atom stereocenters. The molecule has 0 aliphatic rings.